The molecule has 2 heterocycles. The van der Waals surface area contributed by atoms with Crippen molar-refractivity contribution in [3.63, 3.8) is 0 Å². The lowest BCUT2D eigenvalue weighted by atomic mass is 9.96. The molecule has 5 rings (SSSR count). The van der Waals surface area contributed by atoms with Crippen LogP contribution in [0.3, 0.4) is 0 Å². The van der Waals surface area contributed by atoms with Gasteiger partial charge >= 0.3 is 0 Å². The minimum absolute atomic E-state index is 0.283. The molecule has 1 aliphatic rings. The van der Waals surface area contributed by atoms with Gasteiger partial charge in [0.1, 0.15) is 0 Å². The van der Waals surface area contributed by atoms with E-state index in [1.807, 2.05) is 10.7 Å². The Morgan fingerprint density at radius 2 is 1.27 bits per heavy atom. The number of piperazine rings is 1. The second-order valence-electron chi connectivity index (χ2n) is 8.59. The monoisotopic (exact) mass is 438 g/mol. The van der Waals surface area contributed by atoms with Crippen molar-refractivity contribution in [3.8, 4) is 0 Å². The SMILES string of the molecule is c1ccc(CCn2nnnc2CN2CCN(C(c3ccccc3)c3ccccc3)CC2)cc1. The van der Waals surface area contributed by atoms with E-state index in [2.05, 4.69) is 110 Å². The molecular weight excluding hydrogens is 408 g/mol. The van der Waals surface area contributed by atoms with Crippen molar-refractivity contribution in [1.82, 2.24) is 30.0 Å². The minimum Gasteiger partial charge on any atom is -0.293 e. The topological polar surface area (TPSA) is 50.1 Å². The van der Waals surface area contributed by atoms with Crippen LogP contribution in [-0.2, 0) is 19.5 Å². The number of hydrogen-bond acceptors (Lipinski definition) is 5. The van der Waals surface area contributed by atoms with Crippen molar-refractivity contribution in [2.45, 2.75) is 25.6 Å². The van der Waals surface area contributed by atoms with Gasteiger partial charge in [0.15, 0.2) is 5.82 Å². The standard InChI is InChI=1S/C27H30N6/c1-4-10-23(11-5-1)16-17-33-26(28-29-30-33)22-31-18-20-32(21-19-31)27(24-12-6-2-7-13-24)25-14-8-3-9-15-25/h1-15,27H,16-22H2. The lowest BCUT2D eigenvalue weighted by molar-refractivity contribution is 0.102. The first kappa shape index (κ1) is 21.5. The number of aryl methyl sites for hydroxylation is 2. The first-order valence-corrected chi connectivity index (χ1v) is 11.7. The Morgan fingerprint density at radius 1 is 0.697 bits per heavy atom. The summed E-state index contributed by atoms with van der Waals surface area (Å²) < 4.78 is 1.95. The van der Waals surface area contributed by atoms with E-state index in [1.165, 1.54) is 16.7 Å². The zero-order valence-electron chi connectivity index (χ0n) is 18.9. The molecule has 6 heteroatoms. The highest BCUT2D eigenvalue weighted by atomic mass is 15.5. The van der Waals surface area contributed by atoms with Crippen LogP contribution in [0.25, 0.3) is 0 Å². The van der Waals surface area contributed by atoms with Crippen molar-refractivity contribution < 1.29 is 0 Å². The van der Waals surface area contributed by atoms with Crippen LogP contribution in [0.5, 0.6) is 0 Å². The predicted octanol–water partition coefficient (Wildman–Crippen LogP) is 3.82. The summed E-state index contributed by atoms with van der Waals surface area (Å²) in [7, 11) is 0. The highest BCUT2D eigenvalue weighted by Crippen LogP contribution is 2.29. The zero-order chi connectivity index (χ0) is 22.3. The maximum atomic E-state index is 4.32. The minimum atomic E-state index is 0.283. The summed E-state index contributed by atoms with van der Waals surface area (Å²) in [5.74, 6) is 0.946. The average molecular weight is 439 g/mol. The average Bonchev–Trinajstić information content (AvgIpc) is 3.33. The largest absolute Gasteiger partial charge is 0.293 e. The number of hydrogen-bond donors (Lipinski definition) is 0. The third kappa shape index (κ3) is 5.35. The Labute approximate surface area is 195 Å². The van der Waals surface area contributed by atoms with Gasteiger partial charge in [-0.3, -0.25) is 9.80 Å². The molecule has 1 saturated heterocycles. The molecule has 33 heavy (non-hydrogen) atoms. The molecule has 1 aromatic heterocycles. The summed E-state index contributed by atoms with van der Waals surface area (Å²) in [6, 6.07) is 32.5. The molecular formula is C27H30N6. The molecule has 0 spiro atoms. The fourth-order valence-electron chi connectivity index (χ4n) is 4.65. The van der Waals surface area contributed by atoms with Crippen LogP contribution in [0.4, 0.5) is 0 Å². The Morgan fingerprint density at radius 3 is 1.88 bits per heavy atom. The normalized spacial score (nSPS) is 15.2. The van der Waals surface area contributed by atoms with E-state index in [4.69, 9.17) is 0 Å². The Kier molecular flexibility index (Phi) is 6.85. The summed E-state index contributed by atoms with van der Waals surface area (Å²) in [6.07, 6.45) is 0.933. The summed E-state index contributed by atoms with van der Waals surface area (Å²) >= 11 is 0. The van der Waals surface area contributed by atoms with Crippen LogP contribution in [0.1, 0.15) is 28.6 Å². The Bertz CT molecular complexity index is 1070. The molecule has 1 fully saturated rings. The van der Waals surface area contributed by atoms with Gasteiger partial charge in [-0.15, -0.1) is 5.10 Å². The molecule has 0 N–H and O–H groups in total. The van der Waals surface area contributed by atoms with Crippen LogP contribution in [0, 0.1) is 0 Å². The lowest BCUT2D eigenvalue weighted by Crippen LogP contribution is -2.47. The maximum Gasteiger partial charge on any atom is 0.165 e. The second kappa shape index (κ2) is 10.5. The van der Waals surface area contributed by atoms with E-state index in [0.29, 0.717) is 0 Å². The van der Waals surface area contributed by atoms with Gasteiger partial charge < -0.3 is 0 Å². The van der Waals surface area contributed by atoms with Crippen molar-refractivity contribution in [2.24, 2.45) is 0 Å². The van der Waals surface area contributed by atoms with E-state index in [9.17, 15) is 0 Å². The van der Waals surface area contributed by atoms with Gasteiger partial charge in [0.2, 0.25) is 0 Å². The molecule has 0 bridgehead atoms. The Hall–Kier alpha value is -3.35. The first-order chi connectivity index (χ1) is 16.4. The molecule has 3 aromatic carbocycles. The molecule has 4 aromatic rings. The summed E-state index contributed by atoms with van der Waals surface area (Å²) in [6.45, 7) is 5.62. The zero-order valence-corrected chi connectivity index (χ0v) is 18.9. The number of tetrazole rings is 1. The number of rotatable bonds is 8. The number of benzene rings is 3. The van der Waals surface area contributed by atoms with Gasteiger partial charge in [-0.1, -0.05) is 91.0 Å². The van der Waals surface area contributed by atoms with Crippen LogP contribution < -0.4 is 0 Å². The molecule has 6 nitrogen and oxygen atoms in total. The van der Waals surface area contributed by atoms with Crippen LogP contribution in [0.2, 0.25) is 0 Å². The molecule has 0 unspecified atom stereocenters. The lowest BCUT2D eigenvalue weighted by Gasteiger charge is -2.39. The summed E-state index contributed by atoms with van der Waals surface area (Å²) in [4.78, 5) is 5.06. The van der Waals surface area contributed by atoms with Crippen LogP contribution >= 0.6 is 0 Å². The summed E-state index contributed by atoms with van der Waals surface area (Å²) in [5, 5.41) is 12.5. The van der Waals surface area contributed by atoms with Crippen LogP contribution in [0.15, 0.2) is 91.0 Å². The molecule has 1 aliphatic heterocycles. The third-order valence-corrected chi connectivity index (χ3v) is 6.43. The summed E-state index contributed by atoms with van der Waals surface area (Å²) in [5.41, 5.74) is 4.00. The van der Waals surface area contributed by atoms with Crippen molar-refractivity contribution in [2.75, 3.05) is 26.2 Å². The van der Waals surface area contributed by atoms with Gasteiger partial charge in [-0.25, -0.2) is 4.68 Å². The number of aromatic nitrogens is 4. The smallest absolute Gasteiger partial charge is 0.165 e. The van der Waals surface area contributed by atoms with Gasteiger partial charge in [-0.2, -0.15) is 0 Å². The van der Waals surface area contributed by atoms with E-state index >= 15 is 0 Å². The van der Waals surface area contributed by atoms with E-state index in [1.54, 1.807) is 0 Å². The van der Waals surface area contributed by atoms with Gasteiger partial charge in [0, 0.05) is 32.7 Å². The molecule has 0 saturated carbocycles. The molecule has 0 amide bonds. The highest BCUT2D eigenvalue weighted by molar-refractivity contribution is 5.32. The Balaban J connectivity index is 1.22. The van der Waals surface area contributed by atoms with Gasteiger partial charge in [0.25, 0.3) is 0 Å². The molecule has 0 radical (unpaired) electrons. The number of nitrogens with zero attached hydrogens (tertiary/aromatic N) is 6. The van der Waals surface area contributed by atoms with E-state index < -0.39 is 0 Å². The van der Waals surface area contributed by atoms with E-state index in [-0.39, 0.29) is 6.04 Å². The first-order valence-electron chi connectivity index (χ1n) is 11.7. The van der Waals surface area contributed by atoms with E-state index in [0.717, 1.165) is 51.5 Å². The highest BCUT2D eigenvalue weighted by Gasteiger charge is 2.27. The third-order valence-electron chi connectivity index (χ3n) is 6.43. The quantitative estimate of drug-likeness (QED) is 0.419. The fourth-order valence-corrected chi connectivity index (χ4v) is 4.65. The molecule has 0 atom stereocenters. The molecule has 168 valence electrons. The molecule has 0 aliphatic carbocycles. The van der Waals surface area contributed by atoms with Crippen molar-refractivity contribution >= 4 is 0 Å². The van der Waals surface area contributed by atoms with Crippen molar-refractivity contribution in [1.29, 1.82) is 0 Å². The van der Waals surface area contributed by atoms with Crippen LogP contribution in [-0.4, -0.2) is 56.2 Å². The second-order valence-corrected chi connectivity index (χ2v) is 8.59. The van der Waals surface area contributed by atoms with Crippen molar-refractivity contribution in [3.05, 3.63) is 114 Å². The van der Waals surface area contributed by atoms with Gasteiger partial charge in [0.05, 0.1) is 12.6 Å². The fraction of sp³-hybridized carbons (Fsp3) is 0.296. The van der Waals surface area contributed by atoms with Gasteiger partial charge in [-0.05, 0) is 33.5 Å². The predicted molar refractivity (Wildman–Crippen MR) is 130 cm³/mol. The maximum absolute atomic E-state index is 4.32.